The second kappa shape index (κ2) is 5.59. The summed E-state index contributed by atoms with van der Waals surface area (Å²) in [7, 11) is 0. The van der Waals surface area contributed by atoms with E-state index in [9.17, 15) is 9.90 Å². The van der Waals surface area contributed by atoms with E-state index < -0.39 is 11.7 Å². The molecule has 1 unspecified atom stereocenters. The Bertz CT molecular complexity index is 178. The van der Waals surface area contributed by atoms with E-state index in [1.54, 1.807) is 13.0 Å². The van der Waals surface area contributed by atoms with Gasteiger partial charge in [-0.3, -0.25) is 0 Å². The highest BCUT2D eigenvalue weighted by molar-refractivity contribution is 5.64. The molecule has 0 spiro atoms. The van der Waals surface area contributed by atoms with Gasteiger partial charge in [-0.05, 0) is 26.2 Å². The molecule has 0 rings (SSSR count). The molecule has 0 saturated heterocycles. The zero-order valence-corrected chi connectivity index (χ0v) is 7.92. The van der Waals surface area contributed by atoms with E-state index in [0.29, 0.717) is 25.8 Å². The van der Waals surface area contributed by atoms with Crippen LogP contribution < -0.4 is 5.32 Å². The quantitative estimate of drug-likeness (QED) is 0.434. The molecule has 13 heavy (non-hydrogen) atoms. The van der Waals surface area contributed by atoms with Crippen LogP contribution in [0.1, 0.15) is 26.2 Å². The van der Waals surface area contributed by atoms with Crippen molar-refractivity contribution >= 4 is 6.09 Å². The van der Waals surface area contributed by atoms with Gasteiger partial charge in [0.25, 0.3) is 0 Å². The molecule has 0 fully saturated rings. The van der Waals surface area contributed by atoms with Gasteiger partial charge in [0.15, 0.2) is 0 Å². The molecule has 1 amide bonds. The minimum Gasteiger partial charge on any atom is -0.465 e. The predicted molar refractivity (Wildman–Crippen MR) is 50.7 cm³/mol. The fraction of sp³-hybridized carbons (Fsp3) is 0.667. The van der Waals surface area contributed by atoms with Crippen molar-refractivity contribution in [3.05, 3.63) is 12.7 Å². The molecule has 0 radical (unpaired) electrons. The van der Waals surface area contributed by atoms with Gasteiger partial charge in [0.1, 0.15) is 0 Å². The van der Waals surface area contributed by atoms with Crippen molar-refractivity contribution in [2.45, 2.75) is 31.8 Å². The first kappa shape index (κ1) is 12.0. The second-order valence-electron chi connectivity index (χ2n) is 3.33. The number of aliphatic hydroxyl groups is 1. The van der Waals surface area contributed by atoms with Gasteiger partial charge in [0.05, 0.1) is 5.60 Å². The Morgan fingerprint density at radius 3 is 2.77 bits per heavy atom. The summed E-state index contributed by atoms with van der Waals surface area (Å²) in [4.78, 5) is 10.1. The molecule has 0 saturated carbocycles. The van der Waals surface area contributed by atoms with Crippen LogP contribution in [0.4, 0.5) is 4.79 Å². The van der Waals surface area contributed by atoms with Crippen LogP contribution in [-0.4, -0.2) is 28.5 Å². The lowest BCUT2D eigenvalue weighted by molar-refractivity contribution is 0.0520. The number of hydrogen-bond donors (Lipinski definition) is 3. The highest BCUT2D eigenvalue weighted by Gasteiger charge is 2.17. The van der Waals surface area contributed by atoms with Crippen molar-refractivity contribution in [2.24, 2.45) is 0 Å². The number of nitrogens with one attached hydrogen (secondary N) is 1. The number of amides is 1. The molecule has 76 valence electrons. The Balaban J connectivity index is 3.51. The average molecular weight is 187 g/mol. The number of carbonyl (C=O) groups is 1. The van der Waals surface area contributed by atoms with E-state index in [-0.39, 0.29) is 0 Å². The summed E-state index contributed by atoms with van der Waals surface area (Å²) in [6.07, 6.45) is 2.36. The SMILES string of the molecule is C=CCC(C)(O)CCCNC(=O)O. The van der Waals surface area contributed by atoms with Crippen LogP contribution in [0.15, 0.2) is 12.7 Å². The smallest absolute Gasteiger partial charge is 0.404 e. The normalized spacial score (nSPS) is 14.6. The van der Waals surface area contributed by atoms with E-state index in [4.69, 9.17) is 5.11 Å². The average Bonchev–Trinajstić information content (AvgIpc) is 1.98. The molecule has 0 aliphatic rings. The van der Waals surface area contributed by atoms with Crippen molar-refractivity contribution in [2.75, 3.05) is 6.54 Å². The summed E-state index contributed by atoms with van der Waals surface area (Å²) in [5, 5.41) is 20.1. The Labute approximate surface area is 78.3 Å². The van der Waals surface area contributed by atoms with E-state index in [1.807, 2.05) is 0 Å². The van der Waals surface area contributed by atoms with Gasteiger partial charge in [-0.1, -0.05) is 6.08 Å². The minimum atomic E-state index is -1.02. The van der Waals surface area contributed by atoms with Gasteiger partial charge in [-0.15, -0.1) is 6.58 Å². The first-order chi connectivity index (χ1) is 5.98. The summed E-state index contributed by atoms with van der Waals surface area (Å²) in [6, 6.07) is 0. The molecule has 4 nitrogen and oxygen atoms in total. The number of hydrogen-bond acceptors (Lipinski definition) is 2. The highest BCUT2D eigenvalue weighted by Crippen LogP contribution is 2.16. The van der Waals surface area contributed by atoms with Crippen LogP contribution in [-0.2, 0) is 0 Å². The van der Waals surface area contributed by atoms with Crippen molar-refractivity contribution < 1.29 is 15.0 Å². The number of carboxylic acid groups (broad SMARTS) is 1. The topological polar surface area (TPSA) is 69.6 Å². The summed E-state index contributed by atoms with van der Waals surface area (Å²) < 4.78 is 0. The predicted octanol–water partition coefficient (Wildman–Crippen LogP) is 1.36. The van der Waals surface area contributed by atoms with Crippen LogP contribution in [0, 0.1) is 0 Å². The maximum absolute atomic E-state index is 10.1. The molecular formula is C9H17NO3. The van der Waals surface area contributed by atoms with Crippen LogP contribution in [0.5, 0.6) is 0 Å². The molecule has 0 aromatic heterocycles. The molecule has 0 aliphatic carbocycles. The Kier molecular flexibility index (Phi) is 5.14. The third kappa shape index (κ3) is 7.33. The van der Waals surface area contributed by atoms with Gasteiger partial charge < -0.3 is 15.5 Å². The standard InChI is InChI=1S/C9H17NO3/c1-3-5-9(2,13)6-4-7-10-8(11)12/h3,10,13H,1,4-7H2,2H3,(H,11,12). The Morgan fingerprint density at radius 1 is 1.69 bits per heavy atom. The van der Waals surface area contributed by atoms with Gasteiger partial charge in [-0.25, -0.2) is 4.79 Å². The highest BCUT2D eigenvalue weighted by atomic mass is 16.4. The molecular weight excluding hydrogens is 170 g/mol. The fourth-order valence-corrected chi connectivity index (χ4v) is 1.08. The Morgan fingerprint density at radius 2 is 2.31 bits per heavy atom. The zero-order chi connectivity index (χ0) is 10.3. The van der Waals surface area contributed by atoms with Crippen molar-refractivity contribution in [3.63, 3.8) is 0 Å². The fourth-order valence-electron chi connectivity index (χ4n) is 1.08. The second-order valence-corrected chi connectivity index (χ2v) is 3.33. The van der Waals surface area contributed by atoms with Crippen molar-refractivity contribution in [1.29, 1.82) is 0 Å². The van der Waals surface area contributed by atoms with Crippen molar-refractivity contribution in [3.8, 4) is 0 Å². The van der Waals surface area contributed by atoms with E-state index in [2.05, 4.69) is 11.9 Å². The molecule has 0 bridgehead atoms. The largest absolute Gasteiger partial charge is 0.465 e. The summed E-state index contributed by atoms with van der Waals surface area (Å²) >= 11 is 0. The van der Waals surface area contributed by atoms with Gasteiger partial charge in [0.2, 0.25) is 0 Å². The van der Waals surface area contributed by atoms with Crippen LogP contribution >= 0.6 is 0 Å². The first-order valence-corrected chi connectivity index (χ1v) is 4.28. The molecule has 0 aromatic rings. The monoisotopic (exact) mass is 187 g/mol. The third-order valence-corrected chi connectivity index (χ3v) is 1.75. The van der Waals surface area contributed by atoms with Gasteiger partial charge in [-0.2, -0.15) is 0 Å². The van der Waals surface area contributed by atoms with Crippen LogP contribution in [0.3, 0.4) is 0 Å². The maximum atomic E-state index is 10.1. The molecule has 3 N–H and O–H groups in total. The van der Waals surface area contributed by atoms with Crippen molar-refractivity contribution in [1.82, 2.24) is 5.32 Å². The molecule has 0 aromatic carbocycles. The van der Waals surface area contributed by atoms with Gasteiger partial charge in [0, 0.05) is 6.54 Å². The summed E-state index contributed by atoms with van der Waals surface area (Å²) in [5.41, 5.74) is -0.762. The lowest BCUT2D eigenvalue weighted by Gasteiger charge is -2.20. The van der Waals surface area contributed by atoms with E-state index >= 15 is 0 Å². The van der Waals surface area contributed by atoms with Gasteiger partial charge >= 0.3 is 6.09 Å². The summed E-state index contributed by atoms with van der Waals surface area (Å²) in [6.45, 7) is 5.63. The first-order valence-electron chi connectivity index (χ1n) is 4.28. The number of rotatable bonds is 6. The third-order valence-electron chi connectivity index (χ3n) is 1.75. The minimum absolute atomic E-state index is 0.378. The lowest BCUT2D eigenvalue weighted by atomic mass is 9.96. The molecule has 1 atom stereocenters. The Hall–Kier alpha value is -1.03. The summed E-state index contributed by atoms with van der Waals surface area (Å²) in [5.74, 6) is 0. The van der Waals surface area contributed by atoms with E-state index in [1.165, 1.54) is 0 Å². The zero-order valence-electron chi connectivity index (χ0n) is 7.92. The lowest BCUT2D eigenvalue weighted by Crippen LogP contribution is -2.27. The molecule has 4 heteroatoms. The molecule has 0 heterocycles. The maximum Gasteiger partial charge on any atom is 0.404 e. The van der Waals surface area contributed by atoms with E-state index in [0.717, 1.165) is 0 Å². The molecule has 0 aliphatic heterocycles. The van der Waals surface area contributed by atoms with Crippen LogP contribution in [0.25, 0.3) is 0 Å². The van der Waals surface area contributed by atoms with Crippen LogP contribution in [0.2, 0.25) is 0 Å².